The SMILES string of the molecule is C=C(c1ccc2c(c1)C1(CCc3ccc(C=O)cc31)CC2)N(N)c1ccc2c(c1)CN1CN2Cc2cc(N)ccc21. The van der Waals surface area contributed by atoms with Gasteiger partial charge in [-0.1, -0.05) is 30.8 Å². The van der Waals surface area contributed by atoms with E-state index in [2.05, 4.69) is 77.0 Å². The Kier molecular flexibility index (Phi) is 5.16. The Labute approximate surface area is 240 Å². The molecule has 1 spiro atoms. The molecule has 6 nitrogen and oxygen atoms in total. The summed E-state index contributed by atoms with van der Waals surface area (Å²) in [7, 11) is 0. The number of fused-ring (bicyclic) bond motifs is 10. The number of aldehydes is 1. The molecule has 1 atom stereocenters. The van der Waals surface area contributed by atoms with E-state index in [9.17, 15) is 4.79 Å². The monoisotopic (exact) mass is 539 g/mol. The molecule has 1 unspecified atom stereocenters. The Hall–Kier alpha value is -4.55. The minimum Gasteiger partial charge on any atom is -0.399 e. The number of nitrogens with zero attached hydrogens (tertiary/aromatic N) is 3. The Morgan fingerprint density at radius 1 is 0.805 bits per heavy atom. The van der Waals surface area contributed by atoms with Gasteiger partial charge in [-0.3, -0.25) is 9.80 Å². The number of carbonyl (C=O) groups excluding carboxylic acids is 1. The minimum atomic E-state index is -0.0349. The zero-order valence-corrected chi connectivity index (χ0v) is 23.1. The highest BCUT2D eigenvalue weighted by atomic mass is 16.1. The van der Waals surface area contributed by atoms with Crippen LogP contribution in [0.4, 0.5) is 22.7 Å². The molecule has 0 saturated heterocycles. The molecule has 2 aliphatic carbocycles. The summed E-state index contributed by atoms with van der Waals surface area (Å²) in [6.45, 7) is 6.98. The van der Waals surface area contributed by atoms with Gasteiger partial charge in [-0.25, -0.2) is 5.84 Å². The van der Waals surface area contributed by atoms with Gasteiger partial charge in [-0.15, -0.1) is 0 Å². The van der Waals surface area contributed by atoms with Crippen LogP contribution in [-0.2, 0) is 31.3 Å². The van der Waals surface area contributed by atoms with E-state index in [0.717, 1.165) is 79.9 Å². The smallest absolute Gasteiger partial charge is 0.150 e. The van der Waals surface area contributed by atoms with E-state index in [4.69, 9.17) is 11.6 Å². The van der Waals surface area contributed by atoms with Crippen molar-refractivity contribution in [1.29, 1.82) is 0 Å². The van der Waals surface area contributed by atoms with Gasteiger partial charge in [0.25, 0.3) is 0 Å². The van der Waals surface area contributed by atoms with Crippen molar-refractivity contribution in [2.45, 2.75) is 44.2 Å². The van der Waals surface area contributed by atoms with Crippen LogP contribution in [0.1, 0.15) is 62.1 Å². The number of hydrogen-bond acceptors (Lipinski definition) is 6. The number of nitrogens with two attached hydrogens (primary N) is 2. The van der Waals surface area contributed by atoms with Gasteiger partial charge in [-0.2, -0.15) is 0 Å². The molecule has 8 rings (SSSR count). The van der Waals surface area contributed by atoms with E-state index in [0.29, 0.717) is 0 Å². The average molecular weight is 540 g/mol. The lowest BCUT2D eigenvalue weighted by Crippen LogP contribution is -2.46. The van der Waals surface area contributed by atoms with Gasteiger partial charge in [0.05, 0.1) is 18.1 Å². The van der Waals surface area contributed by atoms with E-state index in [1.165, 1.54) is 44.8 Å². The van der Waals surface area contributed by atoms with Crippen molar-refractivity contribution in [2.24, 2.45) is 5.84 Å². The lowest BCUT2D eigenvalue weighted by molar-refractivity contribution is 0.112. The van der Waals surface area contributed by atoms with Gasteiger partial charge in [0, 0.05) is 41.1 Å². The molecule has 4 aromatic carbocycles. The van der Waals surface area contributed by atoms with Crippen LogP contribution in [0.2, 0.25) is 0 Å². The van der Waals surface area contributed by atoms with Gasteiger partial charge in [0.1, 0.15) is 6.29 Å². The van der Waals surface area contributed by atoms with Crippen molar-refractivity contribution in [3.05, 3.63) is 124 Å². The molecule has 0 fully saturated rings. The molecule has 41 heavy (non-hydrogen) atoms. The first kappa shape index (κ1) is 24.3. The maximum atomic E-state index is 11.6. The van der Waals surface area contributed by atoms with E-state index >= 15 is 0 Å². The molecule has 0 saturated carbocycles. The molecular weight excluding hydrogens is 506 g/mol. The van der Waals surface area contributed by atoms with Gasteiger partial charge < -0.3 is 15.5 Å². The third kappa shape index (κ3) is 3.57. The molecule has 4 aliphatic rings. The Morgan fingerprint density at radius 3 is 2.20 bits per heavy atom. The van der Waals surface area contributed by atoms with Crippen molar-refractivity contribution in [2.75, 3.05) is 27.2 Å². The van der Waals surface area contributed by atoms with Gasteiger partial charge in [-0.05, 0) is 113 Å². The fraction of sp³-hybridized carbons (Fsp3) is 0.229. The molecule has 4 aromatic rings. The summed E-state index contributed by atoms with van der Waals surface area (Å²) in [5.41, 5.74) is 20.8. The van der Waals surface area contributed by atoms with Crippen molar-refractivity contribution in [1.82, 2.24) is 0 Å². The lowest BCUT2D eigenvalue weighted by atomic mass is 9.76. The van der Waals surface area contributed by atoms with Gasteiger partial charge >= 0.3 is 0 Å². The summed E-state index contributed by atoms with van der Waals surface area (Å²) in [5.74, 6) is 6.77. The summed E-state index contributed by atoms with van der Waals surface area (Å²) in [4.78, 5) is 16.4. The molecule has 0 aromatic heterocycles. The number of carbonyl (C=O) groups is 1. The normalized spacial score (nSPS) is 19.4. The topological polar surface area (TPSA) is 78.8 Å². The van der Waals surface area contributed by atoms with Crippen molar-refractivity contribution >= 4 is 34.7 Å². The van der Waals surface area contributed by atoms with Gasteiger partial charge in [0.2, 0.25) is 0 Å². The zero-order chi connectivity index (χ0) is 27.9. The molecule has 0 radical (unpaired) electrons. The maximum absolute atomic E-state index is 11.6. The average Bonchev–Trinajstić information content (AvgIpc) is 3.56. The largest absolute Gasteiger partial charge is 0.399 e. The summed E-state index contributed by atoms with van der Waals surface area (Å²) < 4.78 is 0. The number of hydrogen-bond donors (Lipinski definition) is 2. The van der Waals surface area contributed by atoms with Crippen LogP contribution in [0.3, 0.4) is 0 Å². The second kappa shape index (κ2) is 8.72. The quantitative estimate of drug-likeness (QED) is 0.145. The summed E-state index contributed by atoms with van der Waals surface area (Å²) in [6.07, 6.45) is 5.21. The second-order valence-electron chi connectivity index (χ2n) is 12.0. The predicted octanol–water partition coefficient (Wildman–Crippen LogP) is 5.91. The number of nitrogen functional groups attached to an aromatic ring is 1. The highest BCUT2D eigenvalue weighted by Gasteiger charge is 2.45. The standard InChI is InChI=1S/C35H33N5O/c1-22(26-5-4-25-11-13-35(32(25)17-26)12-10-24-3-2-23(20-41)14-31(24)35)40(37)30-7-9-34-28(16-30)19-39-21-38(34)18-27-15-29(36)6-8-33(27)39/h2-9,14-17,20H,1,10-13,18-19,21,36-37H2. The minimum absolute atomic E-state index is 0.0349. The van der Waals surface area contributed by atoms with Crippen LogP contribution >= 0.6 is 0 Å². The summed E-state index contributed by atoms with van der Waals surface area (Å²) in [6, 6.07) is 25.6. The number of benzene rings is 4. The number of rotatable bonds is 4. The van der Waals surface area contributed by atoms with E-state index in [-0.39, 0.29) is 5.41 Å². The molecule has 204 valence electrons. The third-order valence-electron chi connectivity index (χ3n) is 9.87. The molecule has 6 heteroatoms. The third-order valence-corrected chi connectivity index (χ3v) is 9.87. The van der Waals surface area contributed by atoms with Crippen LogP contribution in [0.5, 0.6) is 0 Å². The molecule has 2 heterocycles. The van der Waals surface area contributed by atoms with Crippen LogP contribution in [0.25, 0.3) is 5.70 Å². The highest BCUT2D eigenvalue weighted by Crippen LogP contribution is 2.53. The Balaban J connectivity index is 1.10. The number of aryl methyl sites for hydroxylation is 2. The van der Waals surface area contributed by atoms with Crippen molar-refractivity contribution in [3.8, 4) is 0 Å². The number of anilines is 4. The van der Waals surface area contributed by atoms with E-state index in [1.807, 2.05) is 12.1 Å². The van der Waals surface area contributed by atoms with E-state index < -0.39 is 0 Å². The molecule has 2 bridgehead atoms. The maximum Gasteiger partial charge on any atom is 0.150 e. The van der Waals surface area contributed by atoms with Crippen LogP contribution in [-0.4, -0.2) is 13.0 Å². The van der Waals surface area contributed by atoms with Crippen molar-refractivity contribution in [3.63, 3.8) is 0 Å². The lowest BCUT2D eigenvalue weighted by Gasteiger charge is -2.45. The highest BCUT2D eigenvalue weighted by molar-refractivity contribution is 5.80. The zero-order valence-electron chi connectivity index (χ0n) is 23.1. The Bertz CT molecular complexity index is 1770. The number of hydrazine groups is 1. The first-order valence-electron chi connectivity index (χ1n) is 14.4. The molecule has 0 amide bonds. The summed E-state index contributed by atoms with van der Waals surface area (Å²) in [5, 5.41) is 1.72. The van der Waals surface area contributed by atoms with Gasteiger partial charge in [0.15, 0.2) is 0 Å². The molecule has 2 aliphatic heterocycles. The van der Waals surface area contributed by atoms with E-state index in [1.54, 1.807) is 5.01 Å². The van der Waals surface area contributed by atoms with Crippen LogP contribution in [0, 0.1) is 0 Å². The predicted molar refractivity (Wildman–Crippen MR) is 166 cm³/mol. The fourth-order valence-corrected chi connectivity index (χ4v) is 7.79. The summed E-state index contributed by atoms with van der Waals surface area (Å²) >= 11 is 0. The van der Waals surface area contributed by atoms with Crippen LogP contribution in [0.15, 0.2) is 79.4 Å². The van der Waals surface area contributed by atoms with Crippen LogP contribution < -0.4 is 26.4 Å². The second-order valence-corrected chi connectivity index (χ2v) is 12.0. The fourth-order valence-electron chi connectivity index (χ4n) is 7.79. The molecule has 4 N–H and O–H groups in total. The van der Waals surface area contributed by atoms with Crippen molar-refractivity contribution < 1.29 is 4.79 Å². The Morgan fingerprint density at radius 2 is 1.46 bits per heavy atom. The first-order chi connectivity index (χ1) is 19.9. The molecular formula is C35H33N5O. The first-order valence-corrected chi connectivity index (χ1v) is 14.4.